The summed E-state index contributed by atoms with van der Waals surface area (Å²) in [5.74, 6) is 0.233. The average molecular weight is 329 g/mol. The van der Waals surface area contributed by atoms with E-state index in [4.69, 9.17) is 9.47 Å². The van der Waals surface area contributed by atoms with Crippen molar-refractivity contribution in [1.29, 1.82) is 0 Å². The number of fused-ring (bicyclic) bond motifs is 7. The first-order valence-corrected chi connectivity index (χ1v) is 9.07. The van der Waals surface area contributed by atoms with Crippen LogP contribution in [-0.2, 0) is 10.5 Å². The number of hydrogen-bond donors (Lipinski definition) is 0. The Morgan fingerprint density at radius 2 is 1.76 bits per heavy atom. The second-order valence-electron chi connectivity index (χ2n) is 7.19. The quantitative estimate of drug-likeness (QED) is 0.652. The zero-order valence-corrected chi connectivity index (χ0v) is 13.9. The standard InChI is InChI=1S/C22H19NO2/c1-2-8-16(9-3-1)22-21(23-14-6-11-19(23)25-22)20-17-10-5-4-7-15(17)12-13-18(20)24-22/h1-5,7-10,12-13,19,21H,6,11,14H2/t19-,21+,22+/m0/s1. The van der Waals surface area contributed by atoms with Crippen LogP contribution in [-0.4, -0.2) is 17.7 Å². The molecule has 3 aromatic carbocycles. The minimum Gasteiger partial charge on any atom is -0.455 e. The van der Waals surface area contributed by atoms with Crippen LogP contribution in [0.4, 0.5) is 0 Å². The third kappa shape index (κ3) is 1.72. The third-order valence-corrected chi connectivity index (χ3v) is 5.88. The fraction of sp³-hybridized carbons (Fsp3) is 0.273. The zero-order chi connectivity index (χ0) is 16.4. The molecule has 25 heavy (non-hydrogen) atoms. The van der Waals surface area contributed by atoms with E-state index >= 15 is 0 Å². The molecule has 6 rings (SSSR count). The van der Waals surface area contributed by atoms with E-state index in [-0.39, 0.29) is 12.3 Å². The van der Waals surface area contributed by atoms with Crippen LogP contribution in [0.2, 0.25) is 0 Å². The van der Waals surface area contributed by atoms with Gasteiger partial charge in [-0.2, -0.15) is 0 Å². The van der Waals surface area contributed by atoms with Gasteiger partial charge in [-0.25, -0.2) is 0 Å². The molecule has 0 saturated carbocycles. The Hall–Kier alpha value is -2.36. The minimum atomic E-state index is -0.723. The summed E-state index contributed by atoms with van der Waals surface area (Å²) >= 11 is 0. The molecule has 3 aromatic rings. The van der Waals surface area contributed by atoms with Crippen molar-refractivity contribution in [2.24, 2.45) is 0 Å². The Bertz CT molecular complexity index is 970. The van der Waals surface area contributed by atoms with Gasteiger partial charge >= 0.3 is 0 Å². The highest BCUT2D eigenvalue weighted by molar-refractivity contribution is 5.89. The predicted octanol–water partition coefficient (Wildman–Crippen LogP) is 4.58. The summed E-state index contributed by atoms with van der Waals surface area (Å²) in [4.78, 5) is 2.51. The summed E-state index contributed by atoms with van der Waals surface area (Å²) in [5, 5.41) is 2.54. The van der Waals surface area contributed by atoms with Crippen molar-refractivity contribution in [3.8, 4) is 5.75 Å². The molecule has 0 unspecified atom stereocenters. The van der Waals surface area contributed by atoms with Crippen LogP contribution in [0.25, 0.3) is 10.8 Å². The van der Waals surface area contributed by atoms with Crippen molar-refractivity contribution < 1.29 is 9.47 Å². The lowest BCUT2D eigenvalue weighted by molar-refractivity contribution is -0.178. The molecule has 3 heteroatoms. The highest BCUT2D eigenvalue weighted by Gasteiger charge is 2.63. The van der Waals surface area contributed by atoms with Crippen molar-refractivity contribution >= 4 is 10.8 Å². The molecule has 3 atom stereocenters. The monoisotopic (exact) mass is 329 g/mol. The number of hydrogen-bond acceptors (Lipinski definition) is 3. The van der Waals surface area contributed by atoms with Crippen LogP contribution in [0, 0.1) is 0 Å². The summed E-state index contributed by atoms with van der Waals surface area (Å²) in [6.45, 7) is 1.07. The van der Waals surface area contributed by atoms with Crippen LogP contribution in [0.1, 0.15) is 30.0 Å². The van der Waals surface area contributed by atoms with E-state index in [1.807, 2.05) is 6.07 Å². The first-order valence-electron chi connectivity index (χ1n) is 9.07. The summed E-state index contributed by atoms with van der Waals surface area (Å²) in [6.07, 6.45) is 2.41. The van der Waals surface area contributed by atoms with Crippen LogP contribution in [0.3, 0.4) is 0 Å². The van der Waals surface area contributed by atoms with Crippen molar-refractivity contribution in [3.05, 3.63) is 77.9 Å². The van der Waals surface area contributed by atoms with Gasteiger partial charge in [0.05, 0.1) is 0 Å². The Morgan fingerprint density at radius 3 is 2.68 bits per heavy atom. The van der Waals surface area contributed by atoms with Gasteiger partial charge in [-0.15, -0.1) is 0 Å². The van der Waals surface area contributed by atoms with Gasteiger partial charge in [-0.05, 0) is 29.7 Å². The van der Waals surface area contributed by atoms with Crippen molar-refractivity contribution in [3.63, 3.8) is 0 Å². The molecular formula is C22H19NO2. The third-order valence-electron chi connectivity index (χ3n) is 5.88. The van der Waals surface area contributed by atoms with Gasteiger partial charge in [-0.1, -0.05) is 60.7 Å². The number of nitrogens with zero attached hydrogens (tertiary/aromatic N) is 1. The van der Waals surface area contributed by atoms with Crippen LogP contribution >= 0.6 is 0 Å². The van der Waals surface area contributed by atoms with E-state index in [1.54, 1.807) is 0 Å². The summed E-state index contributed by atoms with van der Waals surface area (Å²) < 4.78 is 13.2. The van der Waals surface area contributed by atoms with E-state index in [9.17, 15) is 0 Å². The molecule has 0 aromatic heterocycles. The molecule has 0 radical (unpaired) electrons. The molecule has 3 heterocycles. The van der Waals surface area contributed by atoms with Crippen LogP contribution in [0.15, 0.2) is 66.7 Å². The van der Waals surface area contributed by atoms with Gasteiger partial charge in [0.1, 0.15) is 18.0 Å². The largest absolute Gasteiger partial charge is 0.455 e. The van der Waals surface area contributed by atoms with E-state index in [2.05, 4.69) is 65.6 Å². The molecule has 0 spiro atoms. The van der Waals surface area contributed by atoms with E-state index in [1.165, 1.54) is 22.8 Å². The smallest absolute Gasteiger partial charge is 0.258 e. The first kappa shape index (κ1) is 13.9. The average Bonchev–Trinajstić information content (AvgIpc) is 3.30. The zero-order valence-electron chi connectivity index (χ0n) is 13.9. The lowest BCUT2D eigenvalue weighted by atomic mass is 9.91. The number of ether oxygens (including phenoxy) is 2. The van der Waals surface area contributed by atoms with E-state index in [0.717, 1.165) is 24.3 Å². The van der Waals surface area contributed by atoms with E-state index in [0.29, 0.717) is 0 Å². The highest BCUT2D eigenvalue weighted by atomic mass is 16.7. The van der Waals surface area contributed by atoms with Gasteiger partial charge in [0, 0.05) is 17.7 Å². The second kappa shape index (κ2) is 4.84. The number of benzene rings is 3. The Morgan fingerprint density at radius 1 is 0.920 bits per heavy atom. The van der Waals surface area contributed by atoms with Gasteiger partial charge in [0.2, 0.25) is 0 Å². The van der Waals surface area contributed by atoms with Gasteiger partial charge < -0.3 is 9.47 Å². The van der Waals surface area contributed by atoms with Gasteiger partial charge in [0.15, 0.2) is 0 Å². The van der Waals surface area contributed by atoms with Crippen LogP contribution in [0.5, 0.6) is 5.75 Å². The van der Waals surface area contributed by atoms with E-state index < -0.39 is 5.79 Å². The fourth-order valence-corrected chi connectivity index (χ4v) is 4.87. The van der Waals surface area contributed by atoms with Crippen molar-refractivity contribution in [2.45, 2.75) is 30.9 Å². The SMILES string of the molecule is c1ccc([C@]23Oc4ccc5ccccc5c4[C@H]2N2CCC[C@@H]2O3)cc1. The molecule has 0 N–H and O–H groups in total. The Labute approximate surface area is 146 Å². The summed E-state index contributed by atoms with van der Waals surface area (Å²) in [7, 11) is 0. The minimum absolute atomic E-state index is 0.114. The maximum Gasteiger partial charge on any atom is 0.258 e. The topological polar surface area (TPSA) is 21.7 Å². The molecule has 124 valence electrons. The summed E-state index contributed by atoms with van der Waals surface area (Å²) in [6, 6.07) is 23.4. The Kier molecular flexibility index (Phi) is 2.69. The molecule has 0 amide bonds. The normalized spacial score (nSPS) is 30.1. The van der Waals surface area contributed by atoms with Crippen molar-refractivity contribution in [2.75, 3.05) is 6.54 Å². The maximum absolute atomic E-state index is 6.62. The molecule has 0 bridgehead atoms. The summed E-state index contributed by atoms with van der Waals surface area (Å²) in [5.41, 5.74) is 2.39. The fourth-order valence-electron chi connectivity index (χ4n) is 4.87. The highest BCUT2D eigenvalue weighted by Crippen LogP contribution is 2.60. The maximum atomic E-state index is 6.62. The first-order chi connectivity index (χ1) is 12.4. The lowest BCUT2D eigenvalue weighted by Crippen LogP contribution is -2.36. The Balaban J connectivity index is 1.64. The van der Waals surface area contributed by atoms with Crippen molar-refractivity contribution in [1.82, 2.24) is 4.90 Å². The van der Waals surface area contributed by atoms with Crippen LogP contribution < -0.4 is 4.74 Å². The molecule has 2 saturated heterocycles. The number of rotatable bonds is 1. The predicted molar refractivity (Wildman–Crippen MR) is 96.3 cm³/mol. The second-order valence-corrected chi connectivity index (χ2v) is 7.19. The molecule has 3 aliphatic rings. The van der Waals surface area contributed by atoms with Gasteiger partial charge in [-0.3, -0.25) is 4.90 Å². The molecule has 0 aliphatic carbocycles. The molecule has 3 aliphatic heterocycles. The van der Waals surface area contributed by atoms with Gasteiger partial charge in [0.25, 0.3) is 5.79 Å². The molecule has 2 fully saturated rings. The lowest BCUT2D eigenvalue weighted by Gasteiger charge is -2.29. The molecule has 3 nitrogen and oxygen atoms in total. The molecular weight excluding hydrogens is 310 g/mol.